The molecule has 2 aromatic rings. The molecule has 2 aliphatic heterocycles. The van der Waals surface area contributed by atoms with E-state index in [9.17, 15) is 33.6 Å². The molecule has 8 rings (SSSR count). The highest BCUT2D eigenvalue weighted by molar-refractivity contribution is 6.12. The Bertz CT molecular complexity index is 1830. The van der Waals surface area contributed by atoms with E-state index in [0.29, 0.717) is 36.8 Å². The number of rotatable bonds is 11. The molecular formula is C40H51N7O9. The lowest BCUT2D eigenvalue weighted by Gasteiger charge is -2.56. The lowest BCUT2D eigenvalue weighted by molar-refractivity contribution is -0.183. The summed E-state index contributed by atoms with van der Waals surface area (Å²) in [6.07, 6.45) is -2.56. The second-order valence-electron chi connectivity index (χ2n) is 16.2. The highest BCUT2D eigenvalue weighted by atomic mass is 16.6. The van der Waals surface area contributed by atoms with Gasteiger partial charge in [0.1, 0.15) is 0 Å². The number of esters is 2. The topological polar surface area (TPSA) is 252 Å². The minimum absolute atomic E-state index is 0.0530. The third-order valence-corrected chi connectivity index (χ3v) is 13.0. The molecule has 4 aliphatic carbocycles. The van der Waals surface area contributed by atoms with Gasteiger partial charge in [-0.15, -0.1) is 0 Å². The second kappa shape index (κ2) is 14.6. The Morgan fingerprint density at radius 3 is 1.32 bits per heavy atom. The summed E-state index contributed by atoms with van der Waals surface area (Å²) in [5.74, 6) is -5.93. The summed E-state index contributed by atoms with van der Waals surface area (Å²) in [7, 11) is 0. The van der Waals surface area contributed by atoms with E-state index in [2.05, 4.69) is 0 Å². The average Bonchev–Trinajstić information content (AvgIpc) is 3.65. The van der Waals surface area contributed by atoms with Crippen molar-refractivity contribution >= 4 is 41.8 Å². The molecule has 8 N–H and O–H groups in total. The Morgan fingerprint density at radius 2 is 1.02 bits per heavy atom. The lowest BCUT2D eigenvalue weighted by atomic mass is 9.63. The number of nitrogens with zero attached hydrogens (tertiary/aromatic N) is 3. The van der Waals surface area contributed by atoms with Crippen LogP contribution >= 0.6 is 0 Å². The Kier molecular flexibility index (Phi) is 10.5. The van der Waals surface area contributed by atoms with E-state index in [1.807, 2.05) is 24.3 Å². The monoisotopic (exact) mass is 773 g/mol. The van der Waals surface area contributed by atoms with Crippen molar-refractivity contribution in [1.82, 2.24) is 14.7 Å². The molecule has 16 nitrogen and oxygen atoms in total. The van der Waals surface area contributed by atoms with Crippen LogP contribution in [0.4, 0.5) is 9.59 Å². The molecule has 2 aromatic carbocycles. The minimum atomic E-state index is -2.40. The molecule has 16 heteroatoms. The Morgan fingerprint density at radius 1 is 0.661 bits per heavy atom. The Labute approximate surface area is 325 Å². The SMILES string of the molecule is CC(C)C(=O)N(C1CCCN1[C@@](C(N)=O)(C(=O)OC(N)=O)C1(C)CCc2ccc1cc2)C1CCCN1[C@@](C(N)=O)(C(=O)OC(N)=O)C1(C)CCc2ccc1cc2. The number of hydrogen-bond acceptors (Lipinski definition) is 11. The van der Waals surface area contributed by atoms with Crippen LogP contribution in [0.25, 0.3) is 0 Å². The number of aryl methyl sites for hydroxylation is 2. The number of carbonyl (C=O) groups is 7. The summed E-state index contributed by atoms with van der Waals surface area (Å²) < 4.78 is 10.2. The smallest absolute Gasteiger partial charge is 0.375 e. The summed E-state index contributed by atoms with van der Waals surface area (Å²) in [5.41, 5.74) is 19.0. The number of ether oxygens (including phenoxy) is 2. The van der Waals surface area contributed by atoms with Gasteiger partial charge in [-0.3, -0.25) is 24.2 Å². The number of amides is 5. The van der Waals surface area contributed by atoms with E-state index in [-0.39, 0.29) is 38.8 Å². The fourth-order valence-electron chi connectivity index (χ4n) is 10.3. The highest BCUT2D eigenvalue weighted by Gasteiger charge is 2.70. The zero-order chi connectivity index (χ0) is 41.0. The first kappa shape index (κ1) is 40.3. The molecule has 0 radical (unpaired) electrons. The summed E-state index contributed by atoms with van der Waals surface area (Å²) >= 11 is 0. The first-order chi connectivity index (χ1) is 26.4. The minimum Gasteiger partial charge on any atom is -0.375 e. The van der Waals surface area contributed by atoms with Gasteiger partial charge in [0, 0.05) is 29.8 Å². The maximum absolute atomic E-state index is 14.9. The van der Waals surface area contributed by atoms with Crippen molar-refractivity contribution in [2.45, 2.75) is 113 Å². The van der Waals surface area contributed by atoms with E-state index in [4.69, 9.17) is 32.4 Å². The number of likely N-dealkylation sites (tertiary alicyclic amines) is 2. The zero-order valence-corrected chi connectivity index (χ0v) is 32.2. The van der Waals surface area contributed by atoms with Gasteiger partial charge in [0.15, 0.2) is 0 Å². The average molecular weight is 774 g/mol. The summed E-state index contributed by atoms with van der Waals surface area (Å²) in [6.45, 7) is 6.89. The van der Waals surface area contributed by atoms with Crippen LogP contribution in [0.2, 0.25) is 0 Å². The highest BCUT2D eigenvalue weighted by Crippen LogP contribution is 2.52. The van der Waals surface area contributed by atoms with E-state index in [1.165, 1.54) is 14.7 Å². The fraction of sp³-hybridized carbons (Fsp3) is 0.525. The van der Waals surface area contributed by atoms with Gasteiger partial charge in [-0.05, 0) is 73.6 Å². The molecule has 56 heavy (non-hydrogen) atoms. The molecule has 2 saturated heterocycles. The molecule has 300 valence electrons. The van der Waals surface area contributed by atoms with Gasteiger partial charge >= 0.3 is 24.1 Å². The van der Waals surface area contributed by atoms with Gasteiger partial charge < -0.3 is 37.3 Å². The third kappa shape index (κ3) is 5.92. The zero-order valence-electron chi connectivity index (χ0n) is 32.2. The van der Waals surface area contributed by atoms with Crippen molar-refractivity contribution in [3.63, 3.8) is 0 Å². The van der Waals surface area contributed by atoms with Gasteiger partial charge in [-0.2, -0.15) is 0 Å². The third-order valence-electron chi connectivity index (χ3n) is 13.0. The number of primary amides is 4. The molecule has 5 amide bonds. The van der Waals surface area contributed by atoms with E-state index >= 15 is 0 Å². The second-order valence-corrected chi connectivity index (χ2v) is 16.2. The largest absolute Gasteiger partial charge is 0.412 e. The molecule has 2 fully saturated rings. The van der Waals surface area contributed by atoms with Gasteiger partial charge in [0.25, 0.3) is 11.8 Å². The van der Waals surface area contributed by atoms with Crippen LogP contribution in [0.1, 0.15) is 88.5 Å². The van der Waals surface area contributed by atoms with E-state index < -0.39 is 82.0 Å². The molecule has 4 bridgehead atoms. The van der Waals surface area contributed by atoms with Crippen molar-refractivity contribution in [2.24, 2.45) is 28.9 Å². The van der Waals surface area contributed by atoms with Gasteiger partial charge in [-0.1, -0.05) is 76.2 Å². The summed E-state index contributed by atoms with van der Waals surface area (Å²) in [6, 6.07) is 14.7. The van der Waals surface area contributed by atoms with Crippen molar-refractivity contribution in [3.8, 4) is 0 Å². The van der Waals surface area contributed by atoms with E-state index in [1.54, 1.807) is 52.0 Å². The van der Waals surface area contributed by atoms with Crippen LogP contribution in [0, 0.1) is 5.92 Å². The van der Waals surface area contributed by atoms with Gasteiger partial charge in [0.2, 0.25) is 17.0 Å². The molecule has 2 heterocycles. The van der Waals surface area contributed by atoms with Crippen LogP contribution in [-0.2, 0) is 57.1 Å². The fourth-order valence-corrected chi connectivity index (χ4v) is 10.3. The Balaban J connectivity index is 1.58. The molecule has 0 spiro atoms. The van der Waals surface area contributed by atoms with Crippen molar-refractivity contribution < 1.29 is 43.0 Å². The van der Waals surface area contributed by atoms with Crippen molar-refractivity contribution in [3.05, 3.63) is 70.8 Å². The number of nitrogens with two attached hydrogens (primary N) is 4. The van der Waals surface area contributed by atoms with Crippen molar-refractivity contribution in [2.75, 3.05) is 13.1 Å². The molecule has 4 unspecified atom stereocenters. The molecule has 6 aliphatic rings. The predicted octanol–water partition coefficient (Wildman–Crippen LogP) is 1.82. The number of carbonyl (C=O) groups excluding carboxylic acids is 7. The maximum atomic E-state index is 14.9. The molecular weight excluding hydrogens is 722 g/mol. The normalized spacial score (nSPS) is 26.7. The van der Waals surface area contributed by atoms with Crippen LogP contribution < -0.4 is 22.9 Å². The van der Waals surface area contributed by atoms with Crippen LogP contribution in [0.5, 0.6) is 0 Å². The molecule has 0 aromatic heterocycles. The first-order valence-electron chi connectivity index (χ1n) is 19.1. The maximum Gasteiger partial charge on any atom is 0.412 e. The predicted molar refractivity (Wildman–Crippen MR) is 201 cm³/mol. The molecule has 6 atom stereocenters. The summed E-state index contributed by atoms with van der Waals surface area (Å²) in [5, 5.41) is 0. The van der Waals surface area contributed by atoms with Crippen LogP contribution in [-0.4, -0.2) is 93.0 Å². The lowest BCUT2D eigenvalue weighted by Crippen LogP contribution is -2.78. The number of benzene rings is 2. The van der Waals surface area contributed by atoms with Crippen LogP contribution in [0.15, 0.2) is 48.5 Å². The Hall–Kier alpha value is -5.35. The van der Waals surface area contributed by atoms with Gasteiger partial charge in [0.05, 0.1) is 12.3 Å². The number of hydrogen-bond donors (Lipinski definition) is 4. The summed E-state index contributed by atoms with van der Waals surface area (Å²) in [4.78, 5) is 102. The molecule has 0 saturated carbocycles. The quantitative estimate of drug-likeness (QED) is 0.189. The van der Waals surface area contributed by atoms with Crippen molar-refractivity contribution in [1.29, 1.82) is 0 Å². The van der Waals surface area contributed by atoms with E-state index in [0.717, 1.165) is 11.1 Å². The van der Waals surface area contributed by atoms with Crippen LogP contribution in [0.3, 0.4) is 0 Å². The number of fused-ring (bicyclic) bond motifs is 8. The standard InChI is InChI=1S/C40H51N7O9/c1-23(2)30(48)47(28-7-5-21-45(28)39(31(41)49,33(51)55-35(43)53)37(3)19-17-24-9-13-26(37)14-10-24)29-8-6-22-46(29)40(32(42)50,34(52)56-36(44)54)38(4)20-18-25-11-15-27(38)16-12-25/h9-16,23,28-29H,5-8,17-22H2,1-4H3,(H2,41,49)(H2,42,50)(H2,43,53)(H2,44,54)/t28?,29?,37?,38?,39-,40-/m0/s1. The first-order valence-corrected chi connectivity index (χ1v) is 19.1. The van der Waals surface area contributed by atoms with Gasteiger partial charge in [-0.25, -0.2) is 19.2 Å².